The summed E-state index contributed by atoms with van der Waals surface area (Å²) in [6.07, 6.45) is 7.54. The number of benzene rings is 1. The molecule has 1 aliphatic carbocycles. The zero-order valence-electron chi connectivity index (χ0n) is 21.8. The Kier molecular flexibility index (Phi) is 7.41. The number of anilines is 1. The fourth-order valence-corrected chi connectivity index (χ4v) is 5.17. The zero-order valence-corrected chi connectivity index (χ0v) is 21.8. The molecular formula is C28H29FN6O5. The summed E-state index contributed by atoms with van der Waals surface area (Å²) in [5, 5.41) is 15.8. The number of ether oxygens (including phenoxy) is 3. The van der Waals surface area contributed by atoms with Crippen LogP contribution in [0.5, 0.6) is 11.6 Å². The standard InChI is InChI=1S/C28H29FN6O5/c29-20-15-31-34(17-20)21-5-7-23(8-6-21)40-28-25-13-24(39-18-19-1-3-22(4-2-19)35(36)37)16-30-26(25)14-27(32-28)33-9-11-38-12-10-33/h1-4,13-17,21,23H,5-12,18H2. The monoisotopic (exact) mass is 548 g/mol. The van der Waals surface area contributed by atoms with E-state index in [-0.39, 0.29) is 30.3 Å². The van der Waals surface area contributed by atoms with Gasteiger partial charge in [-0.05, 0) is 49.4 Å². The van der Waals surface area contributed by atoms with Gasteiger partial charge in [0.2, 0.25) is 5.88 Å². The first-order chi connectivity index (χ1) is 19.5. The van der Waals surface area contributed by atoms with Crippen molar-refractivity contribution in [3.63, 3.8) is 0 Å². The van der Waals surface area contributed by atoms with Crippen LogP contribution in [-0.4, -0.2) is 57.1 Å². The number of nitro groups is 1. The van der Waals surface area contributed by atoms with Crippen LogP contribution >= 0.6 is 0 Å². The average molecular weight is 549 g/mol. The van der Waals surface area contributed by atoms with Crippen molar-refractivity contribution in [3.8, 4) is 11.6 Å². The van der Waals surface area contributed by atoms with Gasteiger partial charge in [-0.25, -0.2) is 4.39 Å². The third kappa shape index (κ3) is 5.81. The van der Waals surface area contributed by atoms with Gasteiger partial charge in [-0.15, -0.1) is 0 Å². The summed E-state index contributed by atoms with van der Waals surface area (Å²) in [4.78, 5) is 22.2. The van der Waals surface area contributed by atoms with Gasteiger partial charge in [0.05, 0.1) is 53.7 Å². The lowest BCUT2D eigenvalue weighted by atomic mass is 9.93. The number of rotatable bonds is 8. The molecule has 1 saturated heterocycles. The van der Waals surface area contributed by atoms with E-state index in [9.17, 15) is 14.5 Å². The first-order valence-corrected chi connectivity index (χ1v) is 13.4. The van der Waals surface area contributed by atoms with Gasteiger partial charge in [-0.2, -0.15) is 10.1 Å². The highest BCUT2D eigenvalue weighted by Crippen LogP contribution is 2.35. The maximum absolute atomic E-state index is 13.4. The summed E-state index contributed by atoms with van der Waals surface area (Å²) >= 11 is 0. The summed E-state index contributed by atoms with van der Waals surface area (Å²) in [5.74, 6) is 1.51. The molecule has 208 valence electrons. The number of morpholine rings is 1. The van der Waals surface area contributed by atoms with E-state index in [1.807, 2.05) is 12.1 Å². The van der Waals surface area contributed by atoms with Crippen LogP contribution in [0.1, 0.15) is 37.3 Å². The van der Waals surface area contributed by atoms with E-state index in [0.29, 0.717) is 24.8 Å². The molecule has 0 atom stereocenters. The molecule has 12 heteroatoms. The Morgan fingerprint density at radius 3 is 2.55 bits per heavy atom. The zero-order chi connectivity index (χ0) is 27.5. The van der Waals surface area contributed by atoms with Crippen molar-refractivity contribution in [2.75, 3.05) is 31.2 Å². The van der Waals surface area contributed by atoms with Crippen LogP contribution in [0.3, 0.4) is 0 Å². The number of hydrogen-bond donors (Lipinski definition) is 0. The van der Waals surface area contributed by atoms with Crippen LogP contribution in [0.15, 0.2) is 55.0 Å². The van der Waals surface area contributed by atoms with Crippen molar-refractivity contribution >= 4 is 22.4 Å². The molecule has 3 aromatic heterocycles. The van der Waals surface area contributed by atoms with Gasteiger partial charge in [-0.3, -0.25) is 19.8 Å². The summed E-state index contributed by atoms with van der Waals surface area (Å²) in [7, 11) is 0. The molecule has 1 aliphatic heterocycles. The second-order valence-electron chi connectivity index (χ2n) is 10.0. The van der Waals surface area contributed by atoms with Gasteiger partial charge in [0.1, 0.15) is 24.3 Å². The predicted octanol–water partition coefficient (Wildman–Crippen LogP) is 4.85. The van der Waals surface area contributed by atoms with E-state index in [2.05, 4.69) is 15.0 Å². The van der Waals surface area contributed by atoms with Crippen LogP contribution in [0.2, 0.25) is 0 Å². The topological polar surface area (TPSA) is 118 Å². The molecule has 2 aliphatic rings. The smallest absolute Gasteiger partial charge is 0.269 e. The lowest BCUT2D eigenvalue weighted by molar-refractivity contribution is -0.384. The Bertz CT molecular complexity index is 1480. The van der Waals surface area contributed by atoms with Crippen LogP contribution < -0.4 is 14.4 Å². The molecule has 0 spiro atoms. The number of pyridine rings is 2. The lowest BCUT2D eigenvalue weighted by Gasteiger charge is -2.30. The van der Waals surface area contributed by atoms with Crippen molar-refractivity contribution in [2.45, 2.75) is 44.4 Å². The van der Waals surface area contributed by atoms with Crippen molar-refractivity contribution in [2.24, 2.45) is 0 Å². The summed E-state index contributed by atoms with van der Waals surface area (Å²) in [6, 6.07) is 10.2. The van der Waals surface area contributed by atoms with Crippen LogP contribution in [-0.2, 0) is 11.3 Å². The van der Waals surface area contributed by atoms with E-state index in [1.54, 1.807) is 23.0 Å². The molecule has 1 aromatic carbocycles. The van der Waals surface area contributed by atoms with Crippen molar-refractivity contribution in [1.29, 1.82) is 0 Å². The first kappa shape index (κ1) is 25.9. The maximum atomic E-state index is 13.4. The molecule has 0 N–H and O–H groups in total. The number of hydrogen-bond acceptors (Lipinski definition) is 9. The van der Waals surface area contributed by atoms with Crippen molar-refractivity contribution in [3.05, 3.63) is 76.5 Å². The third-order valence-corrected chi connectivity index (χ3v) is 7.36. The van der Waals surface area contributed by atoms with Gasteiger partial charge in [-0.1, -0.05) is 0 Å². The number of non-ortho nitro benzene ring substituents is 1. The molecule has 0 amide bonds. The van der Waals surface area contributed by atoms with Crippen LogP contribution in [0.25, 0.3) is 10.9 Å². The highest BCUT2D eigenvalue weighted by molar-refractivity contribution is 5.87. The highest BCUT2D eigenvalue weighted by Gasteiger charge is 2.26. The molecule has 0 unspecified atom stereocenters. The summed E-state index contributed by atoms with van der Waals surface area (Å²) in [5.41, 5.74) is 1.58. The minimum atomic E-state index is -0.429. The van der Waals surface area contributed by atoms with Gasteiger partial charge in [0.15, 0.2) is 5.82 Å². The predicted molar refractivity (Wildman–Crippen MR) is 144 cm³/mol. The largest absolute Gasteiger partial charge is 0.487 e. The fraction of sp³-hybridized carbons (Fsp3) is 0.393. The molecular weight excluding hydrogens is 519 g/mol. The quantitative estimate of drug-likeness (QED) is 0.225. The Labute approximate surface area is 229 Å². The minimum Gasteiger partial charge on any atom is -0.487 e. The molecule has 0 bridgehead atoms. The summed E-state index contributed by atoms with van der Waals surface area (Å²) in [6.45, 7) is 2.98. The number of aromatic nitrogens is 4. The fourth-order valence-electron chi connectivity index (χ4n) is 5.17. The molecule has 4 heterocycles. The van der Waals surface area contributed by atoms with E-state index >= 15 is 0 Å². The van der Waals surface area contributed by atoms with E-state index in [1.165, 1.54) is 24.5 Å². The van der Waals surface area contributed by atoms with E-state index in [0.717, 1.165) is 61.1 Å². The Balaban J connectivity index is 1.22. The lowest BCUT2D eigenvalue weighted by Crippen LogP contribution is -2.36. The van der Waals surface area contributed by atoms with Gasteiger partial charge >= 0.3 is 0 Å². The molecule has 40 heavy (non-hydrogen) atoms. The van der Waals surface area contributed by atoms with E-state index in [4.69, 9.17) is 19.2 Å². The number of halogens is 1. The average Bonchev–Trinajstić information content (AvgIpc) is 3.43. The molecule has 0 radical (unpaired) electrons. The maximum Gasteiger partial charge on any atom is 0.269 e. The van der Waals surface area contributed by atoms with E-state index < -0.39 is 4.92 Å². The minimum absolute atomic E-state index is 0.0332. The van der Waals surface area contributed by atoms with Crippen LogP contribution in [0, 0.1) is 15.9 Å². The third-order valence-electron chi connectivity index (χ3n) is 7.36. The Hall–Kier alpha value is -4.32. The van der Waals surface area contributed by atoms with Gasteiger partial charge < -0.3 is 19.1 Å². The number of nitrogens with zero attached hydrogens (tertiary/aromatic N) is 6. The van der Waals surface area contributed by atoms with Crippen molar-refractivity contribution in [1.82, 2.24) is 19.7 Å². The van der Waals surface area contributed by atoms with Gasteiger partial charge in [0, 0.05) is 31.3 Å². The normalized spacial score (nSPS) is 19.5. The molecule has 4 aromatic rings. The number of nitro benzene ring substituents is 1. The molecule has 1 saturated carbocycles. The second-order valence-corrected chi connectivity index (χ2v) is 10.0. The SMILES string of the molecule is O=[N+]([O-])c1ccc(COc2cnc3cc(N4CCOCC4)nc(OC4CCC(n5cc(F)cn5)CC4)c3c2)cc1. The molecule has 2 fully saturated rings. The highest BCUT2D eigenvalue weighted by atomic mass is 19.1. The van der Waals surface area contributed by atoms with Gasteiger partial charge in [0.25, 0.3) is 5.69 Å². The Morgan fingerprint density at radius 1 is 1.07 bits per heavy atom. The molecule has 6 rings (SSSR count). The Morgan fingerprint density at radius 2 is 1.85 bits per heavy atom. The van der Waals surface area contributed by atoms with Crippen molar-refractivity contribution < 1.29 is 23.5 Å². The first-order valence-electron chi connectivity index (χ1n) is 13.4. The summed E-state index contributed by atoms with van der Waals surface area (Å²) < 4.78 is 33.1. The molecule has 11 nitrogen and oxygen atoms in total. The van der Waals surface area contributed by atoms with Crippen LogP contribution in [0.4, 0.5) is 15.9 Å². The second kappa shape index (κ2) is 11.4. The number of fused-ring (bicyclic) bond motifs is 1.